The van der Waals surface area contributed by atoms with Crippen LogP contribution in [-0.2, 0) is 11.3 Å². The molecule has 4 rings (SSSR count). The predicted molar refractivity (Wildman–Crippen MR) is 121 cm³/mol. The van der Waals surface area contributed by atoms with Gasteiger partial charge in [0.05, 0.1) is 23.5 Å². The zero-order chi connectivity index (χ0) is 22.3. The van der Waals surface area contributed by atoms with Gasteiger partial charge in [-0.15, -0.1) is 10.2 Å². The van der Waals surface area contributed by atoms with Crippen LogP contribution in [0.2, 0.25) is 0 Å². The first-order valence-corrected chi connectivity index (χ1v) is 11.5. The quantitative estimate of drug-likeness (QED) is 0.548. The smallest absolute Gasteiger partial charge is 0.234 e. The largest absolute Gasteiger partial charge is 0.324 e. The Hall–Kier alpha value is -3.22. The van der Waals surface area contributed by atoms with Crippen molar-refractivity contribution in [1.29, 1.82) is 5.26 Å². The van der Waals surface area contributed by atoms with E-state index in [-0.39, 0.29) is 17.5 Å². The first kappa shape index (κ1) is 22.0. The van der Waals surface area contributed by atoms with Crippen molar-refractivity contribution in [2.45, 2.75) is 31.0 Å². The van der Waals surface area contributed by atoms with Gasteiger partial charge in [-0.1, -0.05) is 30.3 Å². The molecule has 164 valence electrons. The highest BCUT2D eigenvalue weighted by Crippen LogP contribution is 2.24. The number of halogens is 1. The number of anilines is 1. The molecule has 0 saturated carbocycles. The maximum atomic E-state index is 13.5. The van der Waals surface area contributed by atoms with E-state index in [0.717, 1.165) is 37.4 Å². The van der Waals surface area contributed by atoms with E-state index in [1.165, 1.54) is 30.3 Å². The summed E-state index contributed by atoms with van der Waals surface area (Å²) in [5.74, 6) is 0.298. The summed E-state index contributed by atoms with van der Waals surface area (Å²) in [7, 11) is 0. The van der Waals surface area contributed by atoms with Gasteiger partial charge in [-0.05, 0) is 62.3 Å². The third kappa shape index (κ3) is 5.33. The summed E-state index contributed by atoms with van der Waals surface area (Å²) in [4.78, 5) is 14.9. The minimum absolute atomic E-state index is 0.100. The van der Waals surface area contributed by atoms with Crippen LogP contribution in [0.4, 0.5) is 10.1 Å². The van der Waals surface area contributed by atoms with Gasteiger partial charge in [0.1, 0.15) is 11.9 Å². The van der Waals surface area contributed by atoms with Crippen molar-refractivity contribution in [3.63, 3.8) is 0 Å². The molecule has 1 aromatic heterocycles. The first-order chi connectivity index (χ1) is 15.6. The molecule has 9 heteroatoms. The molecule has 32 heavy (non-hydrogen) atoms. The lowest BCUT2D eigenvalue weighted by atomic mass is 10.1. The molecule has 1 aliphatic rings. The third-order valence-electron chi connectivity index (χ3n) is 5.25. The van der Waals surface area contributed by atoms with E-state index in [2.05, 4.69) is 26.5 Å². The number of benzene rings is 2. The molecule has 0 spiro atoms. The van der Waals surface area contributed by atoms with E-state index in [1.54, 1.807) is 36.4 Å². The van der Waals surface area contributed by atoms with Crippen molar-refractivity contribution < 1.29 is 9.18 Å². The molecular weight excluding hydrogens is 427 g/mol. The summed E-state index contributed by atoms with van der Waals surface area (Å²) in [6.45, 7) is 2.67. The summed E-state index contributed by atoms with van der Waals surface area (Å²) in [5, 5.41) is 21.2. The predicted octanol–water partition coefficient (Wildman–Crippen LogP) is 3.99. The summed E-state index contributed by atoms with van der Waals surface area (Å²) in [5.41, 5.74) is 1.64. The summed E-state index contributed by atoms with van der Waals surface area (Å²) >= 11 is 1.25. The average molecular weight is 451 g/mol. The molecule has 1 amide bonds. The van der Waals surface area contributed by atoms with Gasteiger partial charge in [0, 0.05) is 5.69 Å². The number of nitriles is 1. The number of aromatic nitrogens is 3. The van der Waals surface area contributed by atoms with E-state index in [1.807, 2.05) is 4.57 Å². The van der Waals surface area contributed by atoms with Crippen molar-refractivity contribution in [2.75, 3.05) is 24.2 Å². The lowest BCUT2D eigenvalue weighted by Crippen LogP contribution is -2.30. The van der Waals surface area contributed by atoms with Crippen molar-refractivity contribution in [3.8, 4) is 11.8 Å². The molecule has 2 aromatic carbocycles. The SMILES string of the molecule is N#Cc1ccccc1NC(=O)CSc1nnc(CN2CCCCC2)n1-c1ccc(F)cc1. The number of amides is 1. The first-order valence-electron chi connectivity index (χ1n) is 10.5. The van der Waals surface area contributed by atoms with Crippen LogP contribution in [0.25, 0.3) is 5.69 Å². The molecule has 3 aromatic rings. The number of nitrogens with zero attached hydrogens (tertiary/aromatic N) is 5. The van der Waals surface area contributed by atoms with Crippen LogP contribution in [0.1, 0.15) is 30.7 Å². The molecule has 0 unspecified atom stereocenters. The zero-order valence-electron chi connectivity index (χ0n) is 17.5. The van der Waals surface area contributed by atoms with Crippen molar-refractivity contribution >= 4 is 23.4 Å². The number of piperidine rings is 1. The van der Waals surface area contributed by atoms with Crippen LogP contribution in [0, 0.1) is 17.1 Å². The Labute approximate surface area is 190 Å². The van der Waals surface area contributed by atoms with E-state index < -0.39 is 0 Å². The number of rotatable bonds is 7. The van der Waals surface area contributed by atoms with Gasteiger partial charge >= 0.3 is 0 Å². The third-order valence-corrected chi connectivity index (χ3v) is 6.18. The maximum Gasteiger partial charge on any atom is 0.234 e. The fourth-order valence-corrected chi connectivity index (χ4v) is 4.44. The molecule has 1 N–H and O–H groups in total. The minimum atomic E-state index is -0.316. The number of hydrogen-bond acceptors (Lipinski definition) is 6. The highest BCUT2D eigenvalue weighted by molar-refractivity contribution is 7.99. The Kier molecular flexibility index (Phi) is 7.14. The van der Waals surface area contributed by atoms with Gasteiger partial charge in [0.2, 0.25) is 5.91 Å². The second-order valence-electron chi connectivity index (χ2n) is 7.54. The number of carbonyl (C=O) groups excluding carboxylic acids is 1. The lowest BCUT2D eigenvalue weighted by molar-refractivity contribution is -0.113. The van der Waals surface area contributed by atoms with Gasteiger partial charge in [-0.25, -0.2) is 4.39 Å². The Morgan fingerprint density at radius 2 is 1.84 bits per heavy atom. The van der Waals surface area contributed by atoms with Gasteiger partial charge in [0.15, 0.2) is 11.0 Å². The Morgan fingerprint density at radius 1 is 1.09 bits per heavy atom. The number of nitrogens with one attached hydrogen (secondary N) is 1. The highest BCUT2D eigenvalue weighted by Gasteiger charge is 2.20. The van der Waals surface area contributed by atoms with Crippen LogP contribution in [0.5, 0.6) is 0 Å². The molecule has 0 bridgehead atoms. The van der Waals surface area contributed by atoms with Crippen molar-refractivity contribution in [2.24, 2.45) is 0 Å². The number of likely N-dealkylation sites (tertiary alicyclic amines) is 1. The second-order valence-corrected chi connectivity index (χ2v) is 8.48. The molecule has 0 radical (unpaired) electrons. The van der Waals surface area contributed by atoms with Crippen LogP contribution in [0.15, 0.2) is 53.7 Å². The van der Waals surface area contributed by atoms with Crippen LogP contribution in [0.3, 0.4) is 0 Å². The van der Waals surface area contributed by atoms with Crippen molar-refractivity contribution in [3.05, 3.63) is 65.7 Å². The fraction of sp³-hybridized carbons (Fsp3) is 0.304. The van der Waals surface area contributed by atoms with Gasteiger partial charge in [-0.2, -0.15) is 5.26 Å². The van der Waals surface area contributed by atoms with Crippen LogP contribution < -0.4 is 5.32 Å². The highest BCUT2D eigenvalue weighted by atomic mass is 32.2. The van der Waals surface area contributed by atoms with Gasteiger partial charge in [-0.3, -0.25) is 14.3 Å². The van der Waals surface area contributed by atoms with Gasteiger partial charge < -0.3 is 5.32 Å². The Bertz CT molecular complexity index is 1120. The number of thioether (sulfide) groups is 1. The van der Waals surface area contributed by atoms with Crippen LogP contribution >= 0.6 is 11.8 Å². The number of carbonyl (C=O) groups is 1. The number of para-hydroxylation sites is 1. The molecule has 1 fully saturated rings. The summed E-state index contributed by atoms with van der Waals surface area (Å²) in [6, 6.07) is 15.1. The molecule has 7 nitrogen and oxygen atoms in total. The Morgan fingerprint density at radius 3 is 2.59 bits per heavy atom. The summed E-state index contributed by atoms with van der Waals surface area (Å²) < 4.78 is 15.4. The monoisotopic (exact) mass is 450 g/mol. The van der Waals surface area contributed by atoms with E-state index in [9.17, 15) is 14.4 Å². The summed E-state index contributed by atoms with van der Waals surface area (Å²) in [6.07, 6.45) is 3.57. The fourth-order valence-electron chi connectivity index (χ4n) is 3.67. The normalized spacial score (nSPS) is 14.1. The zero-order valence-corrected chi connectivity index (χ0v) is 18.3. The molecular formula is C23H23FN6OS. The van der Waals surface area contributed by atoms with E-state index in [4.69, 9.17) is 0 Å². The molecule has 2 heterocycles. The molecule has 0 atom stereocenters. The average Bonchev–Trinajstić information content (AvgIpc) is 3.21. The minimum Gasteiger partial charge on any atom is -0.324 e. The molecule has 0 aliphatic carbocycles. The molecule has 1 saturated heterocycles. The van der Waals surface area contributed by atoms with E-state index in [0.29, 0.717) is 23.0 Å². The Balaban J connectivity index is 1.51. The topological polar surface area (TPSA) is 86.8 Å². The van der Waals surface area contributed by atoms with Crippen LogP contribution in [-0.4, -0.2) is 44.4 Å². The molecule has 1 aliphatic heterocycles. The van der Waals surface area contributed by atoms with Crippen molar-refractivity contribution in [1.82, 2.24) is 19.7 Å². The van der Waals surface area contributed by atoms with E-state index >= 15 is 0 Å². The van der Waals surface area contributed by atoms with Gasteiger partial charge in [0.25, 0.3) is 0 Å². The lowest BCUT2D eigenvalue weighted by Gasteiger charge is -2.26. The standard InChI is InChI=1S/C23H23FN6OS/c24-18-8-10-19(11-9-18)30-21(15-29-12-4-1-5-13-29)27-28-23(30)32-16-22(31)26-20-7-3-2-6-17(20)14-25/h2-3,6-11H,1,4-5,12-13,15-16H2,(H,26,31). The second kappa shape index (κ2) is 10.4. The maximum absolute atomic E-state index is 13.5. The number of hydrogen-bond donors (Lipinski definition) is 1.